The summed E-state index contributed by atoms with van der Waals surface area (Å²) < 4.78 is 5.72. The van der Waals surface area contributed by atoms with Crippen molar-refractivity contribution in [1.82, 2.24) is 4.90 Å². The first-order valence-corrected chi connectivity index (χ1v) is 9.37. The fourth-order valence-corrected chi connectivity index (χ4v) is 3.11. The summed E-state index contributed by atoms with van der Waals surface area (Å²) in [6.45, 7) is 4.55. The molecule has 140 valence electrons. The summed E-state index contributed by atoms with van der Waals surface area (Å²) >= 11 is 0. The van der Waals surface area contributed by atoms with Crippen molar-refractivity contribution >= 4 is 0 Å². The Morgan fingerprint density at radius 2 is 1.44 bits per heavy atom. The molecule has 0 aliphatic carbocycles. The van der Waals surface area contributed by atoms with E-state index in [9.17, 15) is 5.11 Å². The average Bonchev–Trinajstić information content (AvgIpc) is 2.70. The molecular formula is C24H27NO2. The number of rotatable bonds is 9. The smallest absolute Gasteiger partial charge is 0.119 e. The number of aryl methyl sites for hydroxylation is 1. The average molecular weight is 361 g/mol. The number of nitrogens with zero attached hydrogens (tertiary/aromatic N) is 1. The van der Waals surface area contributed by atoms with Crippen LogP contribution in [0.5, 0.6) is 5.75 Å². The van der Waals surface area contributed by atoms with Crippen molar-refractivity contribution in [2.45, 2.75) is 26.1 Å². The number of hydrogen-bond donors (Lipinski definition) is 1. The first-order chi connectivity index (χ1) is 13.2. The molecule has 1 atom stereocenters. The summed E-state index contributed by atoms with van der Waals surface area (Å²) in [5, 5.41) is 10.5. The third kappa shape index (κ3) is 6.24. The Kier molecular flexibility index (Phi) is 7.03. The Hall–Kier alpha value is -2.62. The summed E-state index contributed by atoms with van der Waals surface area (Å²) in [6.07, 6.45) is -0.557. The van der Waals surface area contributed by atoms with Crippen molar-refractivity contribution in [3.05, 3.63) is 102 Å². The monoisotopic (exact) mass is 361 g/mol. The van der Waals surface area contributed by atoms with E-state index in [0.717, 1.165) is 18.8 Å². The van der Waals surface area contributed by atoms with E-state index in [1.54, 1.807) is 0 Å². The van der Waals surface area contributed by atoms with Crippen LogP contribution in [-0.2, 0) is 13.1 Å². The van der Waals surface area contributed by atoms with E-state index in [0.29, 0.717) is 6.54 Å². The number of hydrogen-bond acceptors (Lipinski definition) is 3. The van der Waals surface area contributed by atoms with E-state index in [4.69, 9.17) is 4.74 Å². The van der Waals surface area contributed by atoms with Crippen LogP contribution in [-0.4, -0.2) is 29.3 Å². The summed E-state index contributed by atoms with van der Waals surface area (Å²) in [6, 6.07) is 28.4. The van der Waals surface area contributed by atoms with Gasteiger partial charge in [0.25, 0.3) is 0 Å². The minimum absolute atomic E-state index is 0.281. The van der Waals surface area contributed by atoms with E-state index < -0.39 is 6.10 Å². The Morgan fingerprint density at radius 3 is 2.15 bits per heavy atom. The van der Waals surface area contributed by atoms with Gasteiger partial charge in [-0.3, -0.25) is 4.90 Å². The molecule has 3 rings (SSSR count). The van der Waals surface area contributed by atoms with Crippen LogP contribution in [0.2, 0.25) is 0 Å². The second-order valence-electron chi connectivity index (χ2n) is 6.86. The molecular weight excluding hydrogens is 334 g/mol. The first kappa shape index (κ1) is 19.2. The predicted octanol–water partition coefficient (Wildman–Crippen LogP) is 4.44. The van der Waals surface area contributed by atoms with Gasteiger partial charge in [-0.2, -0.15) is 0 Å². The highest BCUT2D eigenvalue weighted by Gasteiger charge is 2.14. The normalized spacial score (nSPS) is 12.1. The molecule has 1 N–H and O–H groups in total. The number of aliphatic hydroxyl groups excluding tert-OH is 1. The van der Waals surface area contributed by atoms with Crippen molar-refractivity contribution in [3.8, 4) is 5.75 Å². The molecule has 1 unspecified atom stereocenters. The molecule has 0 aliphatic heterocycles. The maximum atomic E-state index is 10.5. The first-order valence-electron chi connectivity index (χ1n) is 9.37. The van der Waals surface area contributed by atoms with Gasteiger partial charge in [-0.1, -0.05) is 72.8 Å². The fraction of sp³-hybridized carbons (Fsp3) is 0.250. The van der Waals surface area contributed by atoms with Gasteiger partial charge in [-0.25, -0.2) is 0 Å². The third-order valence-electron chi connectivity index (χ3n) is 4.56. The van der Waals surface area contributed by atoms with Gasteiger partial charge in [0.2, 0.25) is 0 Å². The Balaban J connectivity index is 1.64. The van der Waals surface area contributed by atoms with Crippen LogP contribution in [0.3, 0.4) is 0 Å². The molecule has 3 aromatic rings. The van der Waals surface area contributed by atoms with Gasteiger partial charge in [0.05, 0.1) is 0 Å². The molecule has 0 bridgehead atoms. The standard InChI is InChI=1S/C24H27NO2/c1-20-10-8-9-13-22(20)17-25(16-21-11-4-2-5-12-21)18-23(26)19-27-24-14-6-3-7-15-24/h2-15,23,26H,16-19H2,1H3. The third-order valence-corrected chi connectivity index (χ3v) is 4.56. The molecule has 3 heteroatoms. The lowest BCUT2D eigenvalue weighted by Gasteiger charge is -2.26. The molecule has 0 amide bonds. The van der Waals surface area contributed by atoms with Crippen LogP contribution in [0.25, 0.3) is 0 Å². The lowest BCUT2D eigenvalue weighted by Crippen LogP contribution is -2.35. The maximum absolute atomic E-state index is 10.5. The molecule has 3 aromatic carbocycles. The summed E-state index contributed by atoms with van der Waals surface area (Å²) in [5.41, 5.74) is 3.79. The van der Waals surface area contributed by atoms with Crippen LogP contribution in [0, 0.1) is 6.92 Å². The summed E-state index contributed by atoms with van der Waals surface area (Å²) in [4.78, 5) is 2.27. The van der Waals surface area contributed by atoms with Crippen molar-refractivity contribution in [2.24, 2.45) is 0 Å². The molecule has 0 heterocycles. The fourth-order valence-electron chi connectivity index (χ4n) is 3.11. The van der Waals surface area contributed by atoms with Crippen molar-refractivity contribution in [2.75, 3.05) is 13.2 Å². The molecule has 0 radical (unpaired) electrons. The largest absolute Gasteiger partial charge is 0.491 e. The van der Waals surface area contributed by atoms with Crippen molar-refractivity contribution in [3.63, 3.8) is 0 Å². The predicted molar refractivity (Wildman–Crippen MR) is 110 cm³/mol. The summed E-state index contributed by atoms with van der Waals surface area (Å²) in [5.74, 6) is 0.782. The second-order valence-corrected chi connectivity index (χ2v) is 6.86. The Bertz CT molecular complexity index is 805. The topological polar surface area (TPSA) is 32.7 Å². The van der Waals surface area contributed by atoms with Gasteiger partial charge >= 0.3 is 0 Å². The number of aliphatic hydroxyl groups is 1. The second kappa shape index (κ2) is 9.91. The van der Waals surface area contributed by atoms with Crippen molar-refractivity contribution < 1.29 is 9.84 Å². The molecule has 0 saturated carbocycles. The van der Waals surface area contributed by atoms with Crippen LogP contribution in [0.1, 0.15) is 16.7 Å². The molecule has 0 aliphatic rings. The van der Waals surface area contributed by atoms with E-state index in [1.165, 1.54) is 16.7 Å². The van der Waals surface area contributed by atoms with Gasteiger partial charge in [-0.05, 0) is 35.7 Å². The van der Waals surface area contributed by atoms with Crippen LogP contribution < -0.4 is 4.74 Å². The van der Waals surface area contributed by atoms with Crippen LogP contribution >= 0.6 is 0 Å². The van der Waals surface area contributed by atoms with Gasteiger partial charge in [-0.15, -0.1) is 0 Å². The number of benzene rings is 3. The van der Waals surface area contributed by atoms with Gasteiger partial charge in [0, 0.05) is 19.6 Å². The maximum Gasteiger partial charge on any atom is 0.119 e. The number of para-hydroxylation sites is 1. The molecule has 0 aromatic heterocycles. The highest BCUT2D eigenvalue weighted by molar-refractivity contribution is 5.26. The van der Waals surface area contributed by atoms with Crippen molar-refractivity contribution in [1.29, 1.82) is 0 Å². The zero-order chi connectivity index (χ0) is 18.9. The van der Waals surface area contributed by atoms with E-state index in [1.807, 2.05) is 36.4 Å². The van der Waals surface area contributed by atoms with E-state index >= 15 is 0 Å². The minimum atomic E-state index is -0.557. The molecule has 0 saturated heterocycles. The van der Waals surface area contributed by atoms with E-state index in [-0.39, 0.29) is 6.61 Å². The Labute approximate surface area is 161 Å². The van der Waals surface area contributed by atoms with Gasteiger partial charge in [0.15, 0.2) is 0 Å². The van der Waals surface area contributed by atoms with Gasteiger partial charge < -0.3 is 9.84 Å². The lowest BCUT2D eigenvalue weighted by molar-refractivity contribution is 0.0628. The van der Waals surface area contributed by atoms with Gasteiger partial charge in [0.1, 0.15) is 18.5 Å². The summed E-state index contributed by atoms with van der Waals surface area (Å²) in [7, 11) is 0. The van der Waals surface area contributed by atoms with Crippen LogP contribution in [0.15, 0.2) is 84.9 Å². The highest BCUT2D eigenvalue weighted by atomic mass is 16.5. The number of ether oxygens (including phenoxy) is 1. The molecule has 0 fully saturated rings. The SMILES string of the molecule is Cc1ccccc1CN(Cc1ccccc1)CC(O)COc1ccccc1. The zero-order valence-electron chi connectivity index (χ0n) is 15.8. The van der Waals surface area contributed by atoms with Crippen LogP contribution in [0.4, 0.5) is 0 Å². The zero-order valence-corrected chi connectivity index (χ0v) is 15.8. The molecule has 3 nitrogen and oxygen atoms in total. The quantitative estimate of drug-likeness (QED) is 0.612. The molecule has 0 spiro atoms. The van der Waals surface area contributed by atoms with E-state index in [2.05, 4.69) is 60.4 Å². The Morgan fingerprint density at radius 1 is 0.815 bits per heavy atom. The lowest BCUT2D eigenvalue weighted by atomic mass is 10.1. The highest BCUT2D eigenvalue weighted by Crippen LogP contribution is 2.15. The molecule has 27 heavy (non-hydrogen) atoms. The minimum Gasteiger partial charge on any atom is -0.491 e.